The van der Waals surface area contributed by atoms with Crippen LogP contribution in [0.5, 0.6) is 0 Å². The fourth-order valence-electron chi connectivity index (χ4n) is 3.00. The Balaban J connectivity index is 1.96. The van der Waals surface area contributed by atoms with Crippen molar-refractivity contribution in [1.29, 1.82) is 0 Å². The van der Waals surface area contributed by atoms with Crippen molar-refractivity contribution in [2.45, 2.75) is 25.5 Å². The van der Waals surface area contributed by atoms with Gasteiger partial charge in [-0.1, -0.05) is 30.3 Å². The van der Waals surface area contributed by atoms with Crippen LogP contribution in [0.3, 0.4) is 0 Å². The van der Waals surface area contributed by atoms with Crippen molar-refractivity contribution in [3.63, 3.8) is 0 Å². The number of benzene rings is 1. The number of rotatable bonds is 3. The van der Waals surface area contributed by atoms with E-state index in [1.165, 1.54) is 13.2 Å². The molecule has 1 aliphatic heterocycles. The molecule has 1 fully saturated rings. The van der Waals surface area contributed by atoms with Gasteiger partial charge in [-0.15, -0.1) is 0 Å². The fourth-order valence-corrected chi connectivity index (χ4v) is 3.00. The minimum Gasteiger partial charge on any atom is -0.374 e. The van der Waals surface area contributed by atoms with E-state index in [9.17, 15) is 13.6 Å². The van der Waals surface area contributed by atoms with E-state index in [0.29, 0.717) is 13.2 Å². The SMILES string of the molecule is C[C@@H]1CN(C(=O)c2cnn(C)c2C(F)F)[C@H](c2ccccc2)CO1. The Labute approximate surface area is 138 Å². The minimum absolute atomic E-state index is 0.0532. The maximum absolute atomic E-state index is 13.3. The normalized spacial score (nSPS) is 21.3. The van der Waals surface area contributed by atoms with Gasteiger partial charge in [0.25, 0.3) is 12.3 Å². The lowest BCUT2D eigenvalue weighted by Gasteiger charge is -2.39. The van der Waals surface area contributed by atoms with Crippen molar-refractivity contribution in [2.24, 2.45) is 7.05 Å². The van der Waals surface area contributed by atoms with Gasteiger partial charge < -0.3 is 9.64 Å². The summed E-state index contributed by atoms with van der Waals surface area (Å²) in [5.74, 6) is -0.442. The number of aryl methyl sites for hydroxylation is 1. The van der Waals surface area contributed by atoms with Crippen molar-refractivity contribution in [3.8, 4) is 0 Å². The van der Waals surface area contributed by atoms with Gasteiger partial charge >= 0.3 is 0 Å². The first-order chi connectivity index (χ1) is 11.5. The maximum Gasteiger partial charge on any atom is 0.280 e. The van der Waals surface area contributed by atoms with Crippen LogP contribution in [0.25, 0.3) is 0 Å². The molecule has 2 aromatic rings. The van der Waals surface area contributed by atoms with Crippen molar-refractivity contribution in [2.75, 3.05) is 13.2 Å². The van der Waals surface area contributed by atoms with Gasteiger partial charge in [-0.2, -0.15) is 5.10 Å². The molecular formula is C17H19F2N3O2. The Hall–Kier alpha value is -2.28. The van der Waals surface area contributed by atoms with Gasteiger partial charge in [0.15, 0.2) is 0 Å². The number of carbonyl (C=O) groups excluding carboxylic acids is 1. The molecular weight excluding hydrogens is 316 g/mol. The number of alkyl halides is 2. The zero-order valence-corrected chi connectivity index (χ0v) is 13.5. The second kappa shape index (κ2) is 6.68. The highest BCUT2D eigenvalue weighted by Gasteiger charge is 2.35. The van der Waals surface area contributed by atoms with E-state index in [-0.39, 0.29) is 23.4 Å². The molecule has 128 valence electrons. The van der Waals surface area contributed by atoms with Crippen molar-refractivity contribution in [1.82, 2.24) is 14.7 Å². The quantitative estimate of drug-likeness (QED) is 0.866. The molecule has 0 spiro atoms. The smallest absolute Gasteiger partial charge is 0.280 e. The summed E-state index contributed by atoms with van der Waals surface area (Å²) < 4.78 is 33.3. The first kappa shape index (κ1) is 16.6. The Morgan fingerprint density at radius 1 is 1.33 bits per heavy atom. The van der Waals surface area contributed by atoms with Gasteiger partial charge in [0.2, 0.25) is 0 Å². The predicted molar refractivity (Wildman–Crippen MR) is 83.8 cm³/mol. The number of amides is 1. The number of nitrogens with zero attached hydrogens (tertiary/aromatic N) is 3. The average molecular weight is 335 g/mol. The molecule has 0 saturated carbocycles. The molecule has 1 amide bonds. The summed E-state index contributed by atoms with van der Waals surface area (Å²) in [6.07, 6.45) is -1.70. The molecule has 2 heterocycles. The highest BCUT2D eigenvalue weighted by atomic mass is 19.3. The Kier molecular flexibility index (Phi) is 4.62. The van der Waals surface area contributed by atoms with E-state index in [2.05, 4.69) is 5.10 Å². The lowest BCUT2D eigenvalue weighted by atomic mass is 10.0. The molecule has 1 aromatic heterocycles. The highest BCUT2D eigenvalue weighted by Crippen LogP contribution is 2.30. The summed E-state index contributed by atoms with van der Waals surface area (Å²) in [5, 5.41) is 3.83. The average Bonchev–Trinajstić information content (AvgIpc) is 2.96. The van der Waals surface area contributed by atoms with E-state index < -0.39 is 12.3 Å². The van der Waals surface area contributed by atoms with Gasteiger partial charge in [0.05, 0.1) is 30.5 Å². The Morgan fingerprint density at radius 3 is 2.71 bits per heavy atom. The third kappa shape index (κ3) is 3.03. The van der Waals surface area contributed by atoms with E-state index in [1.807, 2.05) is 37.3 Å². The van der Waals surface area contributed by atoms with Crippen molar-refractivity contribution < 1.29 is 18.3 Å². The maximum atomic E-state index is 13.3. The van der Waals surface area contributed by atoms with E-state index in [4.69, 9.17) is 4.74 Å². The van der Waals surface area contributed by atoms with Crippen LogP contribution >= 0.6 is 0 Å². The Morgan fingerprint density at radius 2 is 2.04 bits per heavy atom. The zero-order chi connectivity index (χ0) is 17.3. The number of carbonyl (C=O) groups is 1. The number of hydrogen-bond acceptors (Lipinski definition) is 3. The van der Waals surface area contributed by atoms with Crippen LogP contribution in [0.1, 0.15) is 41.0 Å². The molecule has 0 bridgehead atoms. The standard InChI is InChI=1S/C17H19F2N3O2/c1-11-9-22(14(10-24-11)12-6-4-3-5-7-12)17(23)13-8-20-21(2)15(13)16(18)19/h3-8,11,14,16H,9-10H2,1-2H3/t11-,14+/m1/s1. The second-order valence-electron chi connectivity index (χ2n) is 5.90. The van der Waals surface area contributed by atoms with Crippen molar-refractivity contribution >= 4 is 5.91 Å². The first-order valence-corrected chi connectivity index (χ1v) is 7.76. The summed E-state index contributed by atoms with van der Waals surface area (Å²) in [5.41, 5.74) is 0.508. The molecule has 2 atom stereocenters. The number of ether oxygens (including phenoxy) is 1. The van der Waals surface area contributed by atoms with Crippen LogP contribution in [-0.2, 0) is 11.8 Å². The number of aromatic nitrogens is 2. The number of morpholine rings is 1. The van der Waals surface area contributed by atoms with E-state index in [1.54, 1.807) is 4.90 Å². The van der Waals surface area contributed by atoms with E-state index >= 15 is 0 Å². The molecule has 1 aliphatic rings. The first-order valence-electron chi connectivity index (χ1n) is 7.76. The zero-order valence-electron chi connectivity index (χ0n) is 13.5. The van der Waals surface area contributed by atoms with Crippen LogP contribution in [0.15, 0.2) is 36.5 Å². The molecule has 0 aliphatic carbocycles. The lowest BCUT2D eigenvalue weighted by Crippen LogP contribution is -2.47. The van der Waals surface area contributed by atoms with Gasteiger partial charge in [-0.05, 0) is 12.5 Å². The summed E-state index contributed by atoms with van der Waals surface area (Å²) >= 11 is 0. The van der Waals surface area contributed by atoms with Crippen LogP contribution in [0.2, 0.25) is 0 Å². The summed E-state index contributed by atoms with van der Waals surface area (Å²) in [6.45, 7) is 2.54. The molecule has 24 heavy (non-hydrogen) atoms. The van der Waals surface area contributed by atoms with E-state index in [0.717, 1.165) is 10.2 Å². The second-order valence-corrected chi connectivity index (χ2v) is 5.90. The van der Waals surface area contributed by atoms with Crippen LogP contribution < -0.4 is 0 Å². The molecule has 0 N–H and O–H groups in total. The van der Waals surface area contributed by atoms with Gasteiger partial charge in [-0.25, -0.2) is 8.78 Å². The van der Waals surface area contributed by atoms with Gasteiger partial charge in [0.1, 0.15) is 5.69 Å². The third-order valence-corrected chi connectivity index (χ3v) is 4.24. The van der Waals surface area contributed by atoms with Crippen molar-refractivity contribution in [3.05, 3.63) is 53.3 Å². The third-order valence-electron chi connectivity index (χ3n) is 4.24. The molecule has 0 radical (unpaired) electrons. The molecule has 0 unspecified atom stereocenters. The topological polar surface area (TPSA) is 47.4 Å². The van der Waals surface area contributed by atoms with Crippen LogP contribution in [-0.4, -0.2) is 39.8 Å². The van der Waals surface area contributed by atoms with Gasteiger partial charge in [-0.3, -0.25) is 9.48 Å². The summed E-state index contributed by atoms with van der Waals surface area (Å²) in [6, 6.07) is 9.15. The highest BCUT2D eigenvalue weighted by molar-refractivity contribution is 5.95. The number of halogens is 2. The van der Waals surface area contributed by atoms with Gasteiger partial charge in [0, 0.05) is 13.6 Å². The monoisotopic (exact) mass is 335 g/mol. The summed E-state index contributed by atoms with van der Waals surface area (Å²) in [7, 11) is 1.41. The minimum atomic E-state index is -2.76. The van der Waals surface area contributed by atoms with Crippen LogP contribution in [0.4, 0.5) is 8.78 Å². The predicted octanol–water partition coefficient (Wildman–Crippen LogP) is 2.96. The largest absolute Gasteiger partial charge is 0.374 e. The lowest BCUT2D eigenvalue weighted by molar-refractivity contribution is -0.0449. The molecule has 1 saturated heterocycles. The molecule has 7 heteroatoms. The fraction of sp³-hybridized carbons (Fsp3) is 0.412. The Bertz CT molecular complexity index is 718. The summed E-state index contributed by atoms with van der Waals surface area (Å²) in [4.78, 5) is 14.6. The molecule has 3 rings (SSSR count). The van der Waals surface area contributed by atoms with Crippen LogP contribution in [0, 0.1) is 0 Å². The molecule has 1 aromatic carbocycles. The number of hydrogen-bond donors (Lipinski definition) is 0. The molecule has 5 nitrogen and oxygen atoms in total.